The van der Waals surface area contributed by atoms with E-state index in [1.807, 2.05) is 12.1 Å². The number of hydrogen-bond donors (Lipinski definition) is 2. The average molecular weight is 410 g/mol. The molecule has 1 heterocycles. The van der Waals surface area contributed by atoms with Gasteiger partial charge in [-0.25, -0.2) is 0 Å². The van der Waals surface area contributed by atoms with Gasteiger partial charge in [-0.15, -0.1) is 11.3 Å². The third-order valence-electron chi connectivity index (χ3n) is 3.44. The number of carbonyl (C=O) groups excluding carboxylic acids is 2. The zero-order valence-electron chi connectivity index (χ0n) is 12.8. The summed E-state index contributed by atoms with van der Waals surface area (Å²) in [5, 5.41) is 11.8. The van der Waals surface area contributed by atoms with Crippen LogP contribution in [0.2, 0.25) is 10.0 Å². The number of carbonyl (C=O) groups is 2. The minimum Gasteiger partial charge on any atom is -0.267 e. The monoisotopic (exact) mass is 409 g/mol. The molecule has 0 bridgehead atoms. The minimum atomic E-state index is -0.727. The Labute approximate surface area is 160 Å². The van der Waals surface area contributed by atoms with Crippen molar-refractivity contribution in [1.29, 1.82) is 0 Å². The highest BCUT2D eigenvalue weighted by Gasteiger charge is 2.19. The normalized spacial score (nSPS) is 10.5. The van der Waals surface area contributed by atoms with E-state index in [4.69, 9.17) is 23.2 Å². The van der Waals surface area contributed by atoms with Gasteiger partial charge in [-0.3, -0.25) is 30.6 Å². The maximum Gasteiger partial charge on any atom is 0.288 e. The molecule has 0 spiro atoms. The Morgan fingerprint density at radius 1 is 1.04 bits per heavy atom. The van der Waals surface area contributed by atoms with E-state index in [2.05, 4.69) is 10.9 Å². The van der Waals surface area contributed by atoms with Crippen molar-refractivity contribution < 1.29 is 14.5 Å². The molecular weight excluding hydrogens is 401 g/mol. The van der Waals surface area contributed by atoms with Crippen LogP contribution in [0, 0.1) is 10.1 Å². The number of amides is 2. The molecule has 0 aliphatic carbocycles. The van der Waals surface area contributed by atoms with Gasteiger partial charge >= 0.3 is 0 Å². The molecule has 1 aromatic heterocycles. The number of hydrazine groups is 1. The van der Waals surface area contributed by atoms with E-state index in [9.17, 15) is 19.7 Å². The van der Waals surface area contributed by atoms with Crippen LogP contribution in [0.15, 0.2) is 42.5 Å². The van der Waals surface area contributed by atoms with E-state index in [1.165, 1.54) is 23.5 Å². The molecule has 0 fully saturated rings. The van der Waals surface area contributed by atoms with E-state index in [0.29, 0.717) is 5.02 Å². The third kappa shape index (κ3) is 3.48. The molecule has 0 aliphatic heterocycles. The quantitative estimate of drug-likeness (QED) is 0.499. The van der Waals surface area contributed by atoms with Crippen molar-refractivity contribution in [3.05, 3.63) is 73.1 Å². The molecule has 0 aliphatic rings. The summed E-state index contributed by atoms with van der Waals surface area (Å²) in [5.74, 6) is -1.32. The highest BCUT2D eigenvalue weighted by molar-refractivity contribution is 7.21. The Bertz CT molecular complexity index is 1050. The first-order chi connectivity index (χ1) is 12.4. The molecular formula is C16H9Cl2N3O4S. The van der Waals surface area contributed by atoms with Crippen LogP contribution in [0.5, 0.6) is 0 Å². The van der Waals surface area contributed by atoms with Crippen LogP contribution in [-0.2, 0) is 0 Å². The number of rotatable bonds is 3. The minimum absolute atomic E-state index is 0.0242. The molecule has 0 unspecified atom stereocenters. The van der Waals surface area contributed by atoms with Crippen molar-refractivity contribution in [1.82, 2.24) is 10.9 Å². The number of nitro benzene ring substituents is 1. The Hall–Kier alpha value is -2.68. The second kappa shape index (κ2) is 7.28. The number of thiophene rings is 1. The van der Waals surface area contributed by atoms with Gasteiger partial charge in [0.1, 0.15) is 9.90 Å². The Morgan fingerprint density at radius 3 is 2.42 bits per heavy atom. The molecule has 0 saturated heterocycles. The summed E-state index contributed by atoms with van der Waals surface area (Å²) in [6.07, 6.45) is 0. The van der Waals surface area contributed by atoms with Crippen molar-refractivity contribution in [2.45, 2.75) is 0 Å². The zero-order valence-corrected chi connectivity index (χ0v) is 15.1. The van der Waals surface area contributed by atoms with Crippen LogP contribution < -0.4 is 10.9 Å². The lowest BCUT2D eigenvalue weighted by molar-refractivity contribution is -0.384. The first-order valence-electron chi connectivity index (χ1n) is 7.10. The van der Waals surface area contributed by atoms with Crippen LogP contribution in [0.4, 0.5) is 5.69 Å². The molecule has 2 N–H and O–H groups in total. The topological polar surface area (TPSA) is 101 Å². The van der Waals surface area contributed by atoms with Crippen molar-refractivity contribution in [3.63, 3.8) is 0 Å². The molecule has 132 valence electrons. The number of benzene rings is 2. The average Bonchev–Trinajstić information content (AvgIpc) is 2.97. The lowest BCUT2D eigenvalue weighted by Crippen LogP contribution is -2.41. The SMILES string of the molecule is O=C(NNC(=O)c1sc2ccccc2c1Cl)c1ccc(Cl)c([N+](=O)[O-])c1. The van der Waals surface area contributed by atoms with Crippen LogP contribution in [0.25, 0.3) is 10.1 Å². The van der Waals surface area contributed by atoms with Crippen LogP contribution in [0.1, 0.15) is 20.0 Å². The second-order valence-electron chi connectivity index (χ2n) is 5.07. The molecule has 2 aromatic carbocycles. The Balaban J connectivity index is 1.75. The number of fused-ring (bicyclic) bond motifs is 1. The van der Waals surface area contributed by atoms with Gasteiger partial charge < -0.3 is 0 Å². The molecule has 3 aromatic rings. The first kappa shape index (κ1) is 18.1. The predicted octanol–water partition coefficient (Wildman–Crippen LogP) is 4.19. The van der Waals surface area contributed by atoms with E-state index in [1.54, 1.807) is 12.1 Å². The van der Waals surface area contributed by atoms with Crippen molar-refractivity contribution >= 4 is 62.1 Å². The maximum absolute atomic E-state index is 12.3. The second-order valence-corrected chi connectivity index (χ2v) is 6.91. The fourth-order valence-electron chi connectivity index (χ4n) is 2.20. The summed E-state index contributed by atoms with van der Waals surface area (Å²) in [7, 11) is 0. The third-order valence-corrected chi connectivity index (χ3v) is 5.43. The number of hydrogen-bond acceptors (Lipinski definition) is 5. The highest BCUT2D eigenvalue weighted by atomic mass is 35.5. The maximum atomic E-state index is 12.3. The van der Waals surface area contributed by atoms with Gasteiger partial charge in [0.2, 0.25) is 0 Å². The van der Waals surface area contributed by atoms with E-state index in [0.717, 1.165) is 16.2 Å². The molecule has 0 radical (unpaired) electrons. The van der Waals surface area contributed by atoms with Gasteiger partial charge in [0.25, 0.3) is 17.5 Å². The van der Waals surface area contributed by atoms with Crippen LogP contribution in [-0.4, -0.2) is 16.7 Å². The predicted molar refractivity (Wildman–Crippen MR) is 99.9 cm³/mol. The molecule has 0 saturated carbocycles. The molecule has 0 atom stereocenters. The fourth-order valence-corrected chi connectivity index (χ4v) is 3.80. The molecule has 26 heavy (non-hydrogen) atoms. The van der Waals surface area contributed by atoms with Gasteiger partial charge in [0.15, 0.2) is 0 Å². The summed E-state index contributed by atoms with van der Waals surface area (Å²) in [4.78, 5) is 34.8. The smallest absolute Gasteiger partial charge is 0.267 e. The summed E-state index contributed by atoms with van der Waals surface area (Å²) >= 11 is 13.1. The van der Waals surface area contributed by atoms with E-state index >= 15 is 0 Å². The fraction of sp³-hybridized carbons (Fsp3) is 0. The van der Waals surface area contributed by atoms with Crippen molar-refractivity contribution in [2.75, 3.05) is 0 Å². The Morgan fingerprint density at radius 2 is 1.73 bits per heavy atom. The lowest BCUT2D eigenvalue weighted by atomic mass is 10.2. The largest absolute Gasteiger partial charge is 0.288 e. The van der Waals surface area contributed by atoms with Gasteiger partial charge in [0.05, 0.1) is 9.95 Å². The summed E-state index contributed by atoms with van der Waals surface area (Å²) in [5.41, 5.74) is 4.02. The molecule has 3 rings (SSSR count). The van der Waals surface area contributed by atoms with Gasteiger partial charge in [-0.2, -0.15) is 0 Å². The molecule has 7 nitrogen and oxygen atoms in total. The number of nitrogens with zero attached hydrogens (tertiary/aromatic N) is 1. The Kier molecular flexibility index (Phi) is 5.08. The van der Waals surface area contributed by atoms with E-state index < -0.39 is 22.4 Å². The zero-order chi connectivity index (χ0) is 18.8. The lowest BCUT2D eigenvalue weighted by Gasteiger charge is -2.07. The van der Waals surface area contributed by atoms with Crippen molar-refractivity contribution in [2.24, 2.45) is 0 Å². The van der Waals surface area contributed by atoms with E-state index in [-0.39, 0.29) is 15.5 Å². The van der Waals surface area contributed by atoms with Crippen molar-refractivity contribution in [3.8, 4) is 0 Å². The number of nitro groups is 1. The van der Waals surface area contributed by atoms with Gasteiger partial charge in [0, 0.05) is 21.7 Å². The summed E-state index contributed by atoms with van der Waals surface area (Å²) in [6.45, 7) is 0. The molecule has 10 heteroatoms. The van der Waals surface area contributed by atoms with Crippen LogP contribution >= 0.6 is 34.5 Å². The van der Waals surface area contributed by atoms with Crippen LogP contribution in [0.3, 0.4) is 0 Å². The van der Waals surface area contributed by atoms with Gasteiger partial charge in [-0.05, 0) is 18.2 Å². The first-order valence-corrected chi connectivity index (χ1v) is 8.67. The summed E-state index contributed by atoms with van der Waals surface area (Å²) < 4.78 is 0.835. The summed E-state index contributed by atoms with van der Waals surface area (Å²) in [6, 6.07) is 10.8. The molecule has 2 amide bonds. The highest BCUT2D eigenvalue weighted by Crippen LogP contribution is 2.34. The standard InChI is InChI=1S/C16H9Cl2N3O4S/c17-10-6-5-8(7-11(10)21(24)25)15(22)19-20-16(23)14-13(18)9-3-1-2-4-12(9)26-14/h1-7H,(H,19,22)(H,20,23). The van der Waals surface area contributed by atoms with Gasteiger partial charge in [-0.1, -0.05) is 41.4 Å². The number of halogens is 2. The number of nitrogens with one attached hydrogen (secondary N) is 2.